The molecule has 2 heterocycles. The highest BCUT2D eigenvalue weighted by Gasteiger charge is 2.09. The predicted molar refractivity (Wildman–Crippen MR) is 60.3 cm³/mol. The number of nitrogens with one attached hydrogen (secondary N) is 1. The molecule has 1 aliphatic rings. The van der Waals surface area contributed by atoms with Gasteiger partial charge in [-0.05, 0) is 12.1 Å². The summed E-state index contributed by atoms with van der Waals surface area (Å²) in [6, 6.07) is 5.15. The van der Waals surface area contributed by atoms with E-state index in [1.54, 1.807) is 18.2 Å². The van der Waals surface area contributed by atoms with Crippen molar-refractivity contribution in [2.24, 2.45) is 5.16 Å². The van der Waals surface area contributed by atoms with Gasteiger partial charge in [-0.25, -0.2) is 4.79 Å². The molecule has 3 rings (SSSR count). The topological polar surface area (TPSA) is 76.8 Å². The first-order chi connectivity index (χ1) is 8.31. The van der Waals surface area contributed by atoms with E-state index in [1.807, 2.05) is 0 Å². The molecule has 0 radical (unpaired) electrons. The Morgan fingerprint density at radius 3 is 3.24 bits per heavy atom. The second kappa shape index (κ2) is 3.97. The van der Waals surface area contributed by atoms with E-state index in [9.17, 15) is 4.79 Å². The molecule has 1 aromatic carbocycles. The molecular weight excluding hydrogens is 224 g/mol. The molecule has 1 aromatic heterocycles. The molecular formula is C11H10N2O4. The molecule has 88 valence electrons. The van der Waals surface area contributed by atoms with Gasteiger partial charge in [0, 0.05) is 12.5 Å². The first-order valence-electron chi connectivity index (χ1n) is 5.25. The zero-order valence-electron chi connectivity index (χ0n) is 8.93. The lowest BCUT2D eigenvalue weighted by atomic mass is 10.3. The van der Waals surface area contributed by atoms with Gasteiger partial charge < -0.3 is 14.0 Å². The van der Waals surface area contributed by atoms with Gasteiger partial charge in [-0.15, -0.1) is 0 Å². The minimum absolute atomic E-state index is 0.396. The van der Waals surface area contributed by atoms with Crippen LogP contribution in [0.3, 0.4) is 0 Å². The molecule has 2 aromatic rings. The Balaban J connectivity index is 1.78. The van der Waals surface area contributed by atoms with E-state index >= 15 is 0 Å². The average molecular weight is 234 g/mol. The summed E-state index contributed by atoms with van der Waals surface area (Å²) in [5.41, 5.74) is 2.02. The van der Waals surface area contributed by atoms with Gasteiger partial charge >= 0.3 is 5.76 Å². The highest BCUT2D eigenvalue weighted by atomic mass is 16.6. The second-order valence-electron chi connectivity index (χ2n) is 3.70. The molecule has 0 fully saturated rings. The Labute approximate surface area is 95.8 Å². The van der Waals surface area contributed by atoms with Gasteiger partial charge in [-0.2, -0.15) is 0 Å². The van der Waals surface area contributed by atoms with Gasteiger partial charge in [-0.1, -0.05) is 5.16 Å². The maximum Gasteiger partial charge on any atom is 0.417 e. The normalized spacial score (nSPS) is 14.7. The van der Waals surface area contributed by atoms with Crippen molar-refractivity contribution >= 4 is 16.8 Å². The molecule has 0 spiro atoms. The number of benzene rings is 1. The van der Waals surface area contributed by atoms with Crippen LogP contribution >= 0.6 is 0 Å². The van der Waals surface area contributed by atoms with Crippen molar-refractivity contribution in [3.63, 3.8) is 0 Å². The van der Waals surface area contributed by atoms with Gasteiger partial charge in [-0.3, -0.25) is 4.98 Å². The molecule has 6 nitrogen and oxygen atoms in total. The number of oxime groups is 1. The molecule has 0 saturated heterocycles. The zero-order chi connectivity index (χ0) is 11.7. The molecule has 0 saturated carbocycles. The lowest BCUT2D eigenvalue weighted by Crippen LogP contribution is -2.09. The number of rotatable bonds is 3. The quantitative estimate of drug-likeness (QED) is 0.867. The fourth-order valence-corrected chi connectivity index (χ4v) is 1.63. The van der Waals surface area contributed by atoms with E-state index in [-0.39, 0.29) is 0 Å². The van der Waals surface area contributed by atoms with Crippen LogP contribution < -0.4 is 10.5 Å². The lowest BCUT2D eigenvalue weighted by molar-refractivity contribution is 0.173. The lowest BCUT2D eigenvalue weighted by Gasteiger charge is -2.03. The number of ether oxygens (including phenoxy) is 1. The van der Waals surface area contributed by atoms with Crippen molar-refractivity contribution in [1.29, 1.82) is 0 Å². The van der Waals surface area contributed by atoms with Gasteiger partial charge in [0.05, 0.1) is 11.2 Å². The number of hydrogen-bond acceptors (Lipinski definition) is 5. The molecule has 0 unspecified atom stereocenters. The van der Waals surface area contributed by atoms with E-state index < -0.39 is 5.76 Å². The van der Waals surface area contributed by atoms with Crippen molar-refractivity contribution in [3.05, 3.63) is 28.7 Å². The Morgan fingerprint density at radius 2 is 2.41 bits per heavy atom. The van der Waals surface area contributed by atoms with E-state index in [1.165, 1.54) is 0 Å². The Bertz CT molecular complexity index is 626. The molecule has 6 heteroatoms. The van der Waals surface area contributed by atoms with Crippen molar-refractivity contribution in [2.45, 2.75) is 6.42 Å². The van der Waals surface area contributed by atoms with Crippen LogP contribution in [0.5, 0.6) is 5.75 Å². The van der Waals surface area contributed by atoms with Gasteiger partial charge in [0.25, 0.3) is 0 Å². The maximum atomic E-state index is 11.0. The molecule has 0 amide bonds. The summed E-state index contributed by atoms with van der Waals surface area (Å²) in [5, 5.41) is 3.83. The predicted octanol–water partition coefficient (Wildman–Crippen LogP) is 1.28. The summed E-state index contributed by atoms with van der Waals surface area (Å²) >= 11 is 0. The number of oxazole rings is 1. The fourth-order valence-electron chi connectivity index (χ4n) is 1.63. The van der Waals surface area contributed by atoms with Crippen molar-refractivity contribution < 1.29 is 14.0 Å². The average Bonchev–Trinajstić information content (AvgIpc) is 2.92. The summed E-state index contributed by atoms with van der Waals surface area (Å²) in [5.74, 6) is 0.190. The van der Waals surface area contributed by atoms with Crippen LogP contribution in [-0.4, -0.2) is 23.9 Å². The second-order valence-corrected chi connectivity index (χ2v) is 3.70. The van der Waals surface area contributed by atoms with Crippen molar-refractivity contribution in [2.75, 3.05) is 13.2 Å². The number of nitrogens with zero attached hydrogens (tertiary/aromatic N) is 1. The highest BCUT2D eigenvalue weighted by Crippen LogP contribution is 2.18. The summed E-state index contributed by atoms with van der Waals surface area (Å²) in [6.07, 6.45) is 0.796. The largest absolute Gasteiger partial charge is 0.487 e. The van der Waals surface area contributed by atoms with E-state index in [0.29, 0.717) is 30.1 Å². The van der Waals surface area contributed by atoms with E-state index in [0.717, 1.165) is 12.1 Å². The van der Waals surface area contributed by atoms with Crippen LogP contribution in [0.25, 0.3) is 11.1 Å². The Morgan fingerprint density at radius 1 is 1.47 bits per heavy atom. The highest BCUT2D eigenvalue weighted by molar-refractivity contribution is 5.86. The van der Waals surface area contributed by atoms with Crippen LogP contribution in [0.2, 0.25) is 0 Å². The first kappa shape index (κ1) is 9.95. The third kappa shape index (κ3) is 2.01. The van der Waals surface area contributed by atoms with E-state index in [4.69, 9.17) is 14.0 Å². The molecule has 1 aliphatic heterocycles. The number of aromatic amines is 1. The Hall–Kier alpha value is -2.24. The third-order valence-corrected chi connectivity index (χ3v) is 2.47. The van der Waals surface area contributed by atoms with Crippen molar-refractivity contribution in [3.8, 4) is 5.75 Å². The van der Waals surface area contributed by atoms with Gasteiger partial charge in [0.2, 0.25) is 0 Å². The van der Waals surface area contributed by atoms with E-state index in [2.05, 4.69) is 10.1 Å². The number of aromatic nitrogens is 1. The number of H-pyrrole nitrogens is 1. The smallest absolute Gasteiger partial charge is 0.417 e. The van der Waals surface area contributed by atoms with Crippen LogP contribution in [-0.2, 0) is 4.84 Å². The van der Waals surface area contributed by atoms with Crippen LogP contribution in [0.15, 0.2) is 32.6 Å². The summed E-state index contributed by atoms with van der Waals surface area (Å²) in [6.45, 7) is 1.01. The summed E-state index contributed by atoms with van der Waals surface area (Å²) < 4.78 is 10.4. The summed E-state index contributed by atoms with van der Waals surface area (Å²) in [7, 11) is 0. The summed E-state index contributed by atoms with van der Waals surface area (Å²) in [4.78, 5) is 18.4. The molecule has 1 N–H and O–H groups in total. The van der Waals surface area contributed by atoms with Crippen LogP contribution in [0.1, 0.15) is 6.42 Å². The third-order valence-electron chi connectivity index (χ3n) is 2.47. The number of hydrogen-bond donors (Lipinski definition) is 1. The number of fused-ring (bicyclic) bond motifs is 1. The molecule has 17 heavy (non-hydrogen) atoms. The standard InChI is InChI=1S/C11H10N2O4/c14-11-12-9-5-8(1-2-10(9)17-11)15-6-7-3-4-16-13-7/h1-2,5H,3-4,6H2,(H,12,14). The van der Waals surface area contributed by atoms with Gasteiger partial charge in [0.15, 0.2) is 5.58 Å². The van der Waals surface area contributed by atoms with Crippen LogP contribution in [0.4, 0.5) is 0 Å². The minimum atomic E-state index is -0.467. The maximum absolute atomic E-state index is 11.0. The minimum Gasteiger partial charge on any atom is -0.487 e. The fraction of sp³-hybridized carbons (Fsp3) is 0.273. The Kier molecular flexibility index (Phi) is 2.32. The van der Waals surface area contributed by atoms with Crippen LogP contribution in [0, 0.1) is 0 Å². The SMILES string of the molecule is O=c1[nH]c2cc(OCC3=NOCC3)ccc2o1. The monoisotopic (exact) mass is 234 g/mol. The molecule has 0 atom stereocenters. The first-order valence-corrected chi connectivity index (χ1v) is 5.25. The molecule has 0 bridgehead atoms. The van der Waals surface area contributed by atoms with Crippen molar-refractivity contribution in [1.82, 2.24) is 4.98 Å². The van der Waals surface area contributed by atoms with Gasteiger partial charge in [0.1, 0.15) is 19.0 Å². The molecule has 0 aliphatic carbocycles. The zero-order valence-corrected chi connectivity index (χ0v) is 8.93.